The lowest BCUT2D eigenvalue weighted by Gasteiger charge is -2.32. The fourth-order valence-electron chi connectivity index (χ4n) is 1.81. The molecule has 2 heterocycles. The molecule has 0 saturated carbocycles. The molecule has 1 aliphatic heterocycles. The van der Waals surface area contributed by atoms with Crippen molar-refractivity contribution in [2.45, 2.75) is 42.7 Å². The van der Waals surface area contributed by atoms with Crippen molar-refractivity contribution in [2.75, 3.05) is 0 Å². The van der Waals surface area contributed by atoms with Crippen LogP contribution in [0.15, 0.2) is 12.3 Å². The van der Waals surface area contributed by atoms with Gasteiger partial charge in [-0.25, -0.2) is 0 Å². The first-order valence-electron chi connectivity index (χ1n) is 6.09. The SMILES string of the molecule is CC1(C)OB(c2c[nH]c(C(=O)C(Cl)(Cl)Cl)c2)OC1(C)C. The molecular weight excluding hydrogens is 323 g/mol. The second-order valence-corrected chi connectivity index (χ2v) is 8.04. The molecule has 20 heavy (non-hydrogen) atoms. The predicted molar refractivity (Wildman–Crippen MR) is 81.1 cm³/mol. The Bertz CT molecular complexity index is 520. The summed E-state index contributed by atoms with van der Waals surface area (Å²) < 4.78 is 9.76. The standard InChI is InChI=1S/C12H15BCl3NO3/c1-10(2)11(3,4)20-13(19-10)7-5-8(17-6-7)9(18)12(14,15)16/h5-6,17H,1-4H3. The second-order valence-electron chi connectivity index (χ2n) is 5.76. The average molecular weight is 338 g/mol. The minimum Gasteiger partial charge on any atom is -0.399 e. The number of nitrogens with one attached hydrogen (secondary N) is 1. The van der Waals surface area contributed by atoms with Gasteiger partial charge in [0.25, 0.3) is 3.79 Å². The Morgan fingerprint density at radius 2 is 1.70 bits per heavy atom. The van der Waals surface area contributed by atoms with Crippen LogP contribution in [0.5, 0.6) is 0 Å². The molecule has 1 aliphatic rings. The van der Waals surface area contributed by atoms with E-state index in [0.29, 0.717) is 5.46 Å². The fraction of sp³-hybridized carbons (Fsp3) is 0.583. The van der Waals surface area contributed by atoms with Crippen LogP contribution < -0.4 is 5.46 Å². The highest BCUT2D eigenvalue weighted by atomic mass is 35.6. The van der Waals surface area contributed by atoms with Crippen LogP contribution in [0, 0.1) is 0 Å². The van der Waals surface area contributed by atoms with Gasteiger partial charge < -0.3 is 14.3 Å². The summed E-state index contributed by atoms with van der Waals surface area (Å²) >= 11 is 16.7. The first-order valence-corrected chi connectivity index (χ1v) is 7.23. The summed E-state index contributed by atoms with van der Waals surface area (Å²) in [6.07, 6.45) is 1.62. The van der Waals surface area contributed by atoms with Gasteiger partial charge in [0.15, 0.2) is 0 Å². The molecule has 8 heteroatoms. The molecule has 1 aromatic rings. The number of rotatable bonds is 2. The largest absolute Gasteiger partial charge is 0.496 e. The number of alkyl halides is 3. The maximum atomic E-state index is 11.8. The van der Waals surface area contributed by atoms with Crippen LogP contribution in [0.25, 0.3) is 0 Å². The molecular formula is C12H15BCl3NO3. The van der Waals surface area contributed by atoms with E-state index in [-0.39, 0.29) is 5.69 Å². The van der Waals surface area contributed by atoms with Gasteiger partial charge in [-0.05, 0) is 33.8 Å². The molecule has 0 amide bonds. The minimum absolute atomic E-state index is 0.203. The molecule has 1 aromatic heterocycles. The third-order valence-corrected chi connectivity index (χ3v) is 4.25. The maximum absolute atomic E-state index is 11.8. The Kier molecular flexibility index (Phi) is 3.98. The van der Waals surface area contributed by atoms with E-state index < -0.39 is 27.9 Å². The molecule has 0 bridgehead atoms. The summed E-state index contributed by atoms with van der Waals surface area (Å²) in [5.41, 5.74) is -0.0150. The van der Waals surface area contributed by atoms with Crippen molar-refractivity contribution < 1.29 is 14.1 Å². The van der Waals surface area contributed by atoms with E-state index >= 15 is 0 Å². The number of aromatic amines is 1. The van der Waals surface area contributed by atoms with Crippen LogP contribution in [0.3, 0.4) is 0 Å². The molecule has 1 N–H and O–H groups in total. The Hall–Kier alpha value is -0.195. The summed E-state index contributed by atoms with van der Waals surface area (Å²) in [7, 11) is -0.562. The Morgan fingerprint density at radius 1 is 1.20 bits per heavy atom. The zero-order valence-electron chi connectivity index (χ0n) is 11.6. The number of halogens is 3. The summed E-state index contributed by atoms with van der Waals surface area (Å²) in [4.78, 5) is 14.6. The monoisotopic (exact) mass is 337 g/mol. The quantitative estimate of drug-likeness (QED) is 0.512. The van der Waals surface area contributed by atoms with Crippen molar-refractivity contribution >= 4 is 53.2 Å². The third-order valence-electron chi connectivity index (χ3n) is 3.73. The van der Waals surface area contributed by atoms with E-state index in [1.54, 1.807) is 12.3 Å². The molecule has 0 unspecified atom stereocenters. The first kappa shape index (κ1) is 16.2. The first-order chi connectivity index (χ1) is 8.94. The van der Waals surface area contributed by atoms with Gasteiger partial charge in [-0.2, -0.15) is 0 Å². The Morgan fingerprint density at radius 3 is 2.15 bits per heavy atom. The van der Waals surface area contributed by atoms with Crippen molar-refractivity contribution in [3.05, 3.63) is 18.0 Å². The van der Waals surface area contributed by atoms with Gasteiger partial charge in [0.2, 0.25) is 5.78 Å². The van der Waals surface area contributed by atoms with Crippen molar-refractivity contribution in [3.63, 3.8) is 0 Å². The summed E-state index contributed by atoms with van der Waals surface area (Å²) in [5, 5.41) is 0. The number of carbonyl (C=O) groups excluding carboxylic acids is 1. The highest BCUT2D eigenvalue weighted by Crippen LogP contribution is 2.36. The minimum atomic E-state index is -1.99. The van der Waals surface area contributed by atoms with E-state index in [0.717, 1.165) is 0 Å². The van der Waals surface area contributed by atoms with Crippen LogP contribution in [-0.2, 0) is 9.31 Å². The van der Waals surface area contributed by atoms with Crippen molar-refractivity contribution in [3.8, 4) is 0 Å². The lowest BCUT2D eigenvalue weighted by atomic mass is 9.81. The van der Waals surface area contributed by atoms with Gasteiger partial charge in [-0.1, -0.05) is 34.8 Å². The average Bonchev–Trinajstić information content (AvgIpc) is 2.80. The van der Waals surface area contributed by atoms with Gasteiger partial charge >= 0.3 is 7.12 Å². The van der Waals surface area contributed by atoms with Crippen LogP contribution >= 0.6 is 34.8 Å². The van der Waals surface area contributed by atoms with Crippen LogP contribution in [0.4, 0.5) is 0 Å². The lowest BCUT2D eigenvalue weighted by molar-refractivity contribution is 0.00578. The van der Waals surface area contributed by atoms with E-state index in [1.807, 2.05) is 27.7 Å². The highest BCUT2D eigenvalue weighted by molar-refractivity contribution is 6.77. The molecule has 0 aliphatic carbocycles. The Labute approximate surface area is 133 Å². The zero-order valence-corrected chi connectivity index (χ0v) is 13.9. The molecule has 1 fully saturated rings. The van der Waals surface area contributed by atoms with E-state index in [1.165, 1.54) is 0 Å². The van der Waals surface area contributed by atoms with Crippen LogP contribution in [0.2, 0.25) is 0 Å². The Balaban J connectivity index is 2.22. The lowest BCUT2D eigenvalue weighted by Crippen LogP contribution is -2.41. The second kappa shape index (κ2) is 4.92. The zero-order chi connectivity index (χ0) is 15.3. The predicted octanol–water partition coefficient (Wildman–Crippen LogP) is 2.87. The molecule has 2 rings (SSSR count). The summed E-state index contributed by atoms with van der Waals surface area (Å²) in [6.45, 7) is 7.81. The van der Waals surface area contributed by atoms with Gasteiger partial charge in [-0.3, -0.25) is 4.79 Å². The number of hydrogen-bond donors (Lipinski definition) is 1. The number of H-pyrrole nitrogens is 1. The molecule has 110 valence electrons. The van der Waals surface area contributed by atoms with E-state index in [9.17, 15) is 4.79 Å². The number of carbonyl (C=O) groups is 1. The van der Waals surface area contributed by atoms with Crippen molar-refractivity contribution in [1.29, 1.82) is 0 Å². The normalized spacial score (nSPS) is 21.2. The topological polar surface area (TPSA) is 51.3 Å². The summed E-state index contributed by atoms with van der Waals surface area (Å²) in [6, 6.07) is 1.58. The number of Topliss-reactive ketones (excluding diaryl/α,β-unsaturated/α-hetero) is 1. The molecule has 1 saturated heterocycles. The number of ketones is 1. The number of hydrogen-bond acceptors (Lipinski definition) is 3. The van der Waals surface area contributed by atoms with Crippen molar-refractivity contribution in [1.82, 2.24) is 4.98 Å². The van der Waals surface area contributed by atoms with E-state index in [4.69, 9.17) is 44.1 Å². The smallest absolute Gasteiger partial charge is 0.399 e. The molecule has 0 spiro atoms. The fourth-order valence-corrected chi connectivity index (χ4v) is 2.12. The van der Waals surface area contributed by atoms with Crippen molar-refractivity contribution in [2.24, 2.45) is 0 Å². The third kappa shape index (κ3) is 2.88. The number of aromatic nitrogens is 1. The van der Waals surface area contributed by atoms with Gasteiger partial charge in [0.1, 0.15) is 0 Å². The van der Waals surface area contributed by atoms with E-state index in [2.05, 4.69) is 4.98 Å². The van der Waals surface area contributed by atoms with Crippen LogP contribution in [-0.4, -0.2) is 32.9 Å². The van der Waals surface area contributed by atoms with Gasteiger partial charge in [-0.15, -0.1) is 0 Å². The van der Waals surface area contributed by atoms with Crippen LogP contribution in [0.1, 0.15) is 38.2 Å². The van der Waals surface area contributed by atoms with Gasteiger partial charge in [0, 0.05) is 11.7 Å². The molecule has 4 nitrogen and oxygen atoms in total. The molecule has 0 atom stereocenters. The highest BCUT2D eigenvalue weighted by Gasteiger charge is 2.52. The van der Waals surface area contributed by atoms with Gasteiger partial charge in [0.05, 0.1) is 16.9 Å². The maximum Gasteiger partial charge on any atom is 0.496 e. The molecule has 0 radical (unpaired) electrons. The summed E-state index contributed by atoms with van der Waals surface area (Å²) in [5.74, 6) is -0.620. The molecule has 0 aromatic carbocycles.